The molecular weight excluding hydrogens is 270 g/mol. The molecule has 16 heavy (non-hydrogen) atoms. The van der Waals surface area contributed by atoms with Gasteiger partial charge < -0.3 is 10.2 Å². The molecule has 0 unspecified atom stereocenters. The Balaban J connectivity index is 2.14. The minimum absolute atomic E-state index is 0.0153. The molecule has 1 aliphatic heterocycles. The van der Waals surface area contributed by atoms with E-state index in [4.69, 9.17) is 0 Å². The lowest BCUT2D eigenvalue weighted by Gasteiger charge is -2.33. The molecule has 1 fully saturated rings. The van der Waals surface area contributed by atoms with Gasteiger partial charge in [0, 0.05) is 36.3 Å². The average Bonchev–Trinajstić information content (AvgIpc) is 2.30. The molecule has 0 spiro atoms. The summed E-state index contributed by atoms with van der Waals surface area (Å²) in [7, 11) is 0. The van der Waals surface area contributed by atoms with Crippen LogP contribution >= 0.6 is 15.9 Å². The van der Waals surface area contributed by atoms with Gasteiger partial charge in [-0.15, -0.1) is 0 Å². The largest absolute Gasteiger partial charge is 0.332 e. The van der Waals surface area contributed by atoms with E-state index in [9.17, 15) is 4.79 Å². The Labute approximate surface area is 103 Å². The number of piperazine rings is 1. The van der Waals surface area contributed by atoms with Crippen LogP contribution in [0.5, 0.6) is 0 Å². The molecular formula is C11H14BrN3O. The predicted octanol–water partition coefficient (Wildman–Crippen LogP) is 1.28. The molecule has 1 amide bonds. The lowest BCUT2D eigenvalue weighted by Crippen LogP contribution is -2.52. The highest BCUT2D eigenvalue weighted by atomic mass is 79.9. The van der Waals surface area contributed by atoms with Crippen molar-refractivity contribution >= 4 is 21.8 Å². The maximum Gasteiger partial charge on any atom is 0.272 e. The highest BCUT2D eigenvalue weighted by Gasteiger charge is 2.24. The molecule has 4 nitrogen and oxygen atoms in total. The first-order valence-corrected chi connectivity index (χ1v) is 6.11. The number of pyridine rings is 1. The Morgan fingerprint density at radius 2 is 2.44 bits per heavy atom. The minimum Gasteiger partial charge on any atom is -0.332 e. The molecule has 1 atom stereocenters. The lowest BCUT2D eigenvalue weighted by molar-refractivity contribution is 0.0649. The number of nitrogens with zero attached hydrogens (tertiary/aromatic N) is 2. The van der Waals surface area contributed by atoms with Gasteiger partial charge in [0.15, 0.2) is 0 Å². The molecule has 0 saturated carbocycles. The van der Waals surface area contributed by atoms with Gasteiger partial charge in [0.1, 0.15) is 5.69 Å². The van der Waals surface area contributed by atoms with Gasteiger partial charge in [-0.2, -0.15) is 0 Å². The lowest BCUT2D eigenvalue weighted by atomic mass is 10.2. The SMILES string of the molecule is C[C@H]1CNCCN1C(=O)c1ccc(Br)cn1. The molecule has 1 aliphatic rings. The second-order valence-electron chi connectivity index (χ2n) is 3.91. The molecule has 5 heteroatoms. The van der Waals surface area contributed by atoms with Crippen LogP contribution in [0, 0.1) is 0 Å². The van der Waals surface area contributed by atoms with Crippen molar-refractivity contribution in [2.45, 2.75) is 13.0 Å². The van der Waals surface area contributed by atoms with E-state index in [1.807, 2.05) is 17.9 Å². The first-order valence-electron chi connectivity index (χ1n) is 5.32. The van der Waals surface area contributed by atoms with Gasteiger partial charge >= 0.3 is 0 Å². The summed E-state index contributed by atoms with van der Waals surface area (Å²) in [6, 6.07) is 3.82. The monoisotopic (exact) mass is 283 g/mol. The molecule has 0 aliphatic carbocycles. The maximum atomic E-state index is 12.1. The summed E-state index contributed by atoms with van der Waals surface area (Å²) in [5.74, 6) is 0.0153. The summed E-state index contributed by atoms with van der Waals surface area (Å²) in [5.41, 5.74) is 0.511. The van der Waals surface area contributed by atoms with Crippen molar-refractivity contribution in [2.24, 2.45) is 0 Å². The van der Waals surface area contributed by atoms with Gasteiger partial charge in [-0.05, 0) is 35.0 Å². The van der Waals surface area contributed by atoms with Crippen molar-refractivity contribution in [1.29, 1.82) is 0 Å². The Hall–Kier alpha value is -0.940. The van der Waals surface area contributed by atoms with E-state index < -0.39 is 0 Å². The van der Waals surface area contributed by atoms with Crippen LogP contribution < -0.4 is 5.32 Å². The first kappa shape index (κ1) is 11.5. The molecule has 2 rings (SSSR count). The Kier molecular flexibility index (Phi) is 3.56. The summed E-state index contributed by atoms with van der Waals surface area (Å²) in [5, 5.41) is 3.26. The summed E-state index contributed by atoms with van der Waals surface area (Å²) in [6.45, 7) is 4.50. The van der Waals surface area contributed by atoms with Crippen molar-refractivity contribution in [3.8, 4) is 0 Å². The molecule has 1 N–H and O–H groups in total. The van der Waals surface area contributed by atoms with Gasteiger partial charge in [-0.25, -0.2) is 4.98 Å². The van der Waals surface area contributed by atoms with Crippen molar-refractivity contribution < 1.29 is 4.79 Å². The normalized spacial score (nSPS) is 20.9. The maximum absolute atomic E-state index is 12.1. The molecule has 0 aromatic carbocycles. The van der Waals surface area contributed by atoms with Crippen LogP contribution in [0.25, 0.3) is 0 Å². The third kappa shape index (κ3) is 2.41. The highest BCUT2D eigenvalue weighted by Crippen LogP contribution is 2.11. The third-order valence-electron chi connectivity index (χ3n) is 2.71. The molecule has 0 radical (unpaired) electrons. The zero-order valence-corrected chi connectivity index (χ0v) is 10.7. The van der Waals surface area contributed by atoms with Crippen LogP contribution in [0.4, 0.5) is 0 Å². The Morgan fingerprint density at radius 1 is 1.62 bits per heavy atom. The number of rotatable bonds is 1. The average molecular weight is 284 g/mol. The Morgan fingerprint density at radius 3 is 3.06 bits per heavy atom. The summed E-state index contributed by atoms with van der Waals surface area (Å²) >= 11 is 3.31. The smallest absolute Gasteiger partial charge is 0.272 e. The van der Waals surface area contributed by atoms with Crippen molar-refractivity contribution in [3.63, 3.8) is 0 Å². The molecule has 2 heterocycles. The van der Waals surface area contributed by atoms with Crippen molar-refractivity contribution in [2.75, 3.05) is 19.6 Å². The second-order valence-corrected chi connectivity index (χ2v) is 4.83. The first-order chi connectivity index (χ1) is 7.68. The van der Waals surface area contributed by atoms with E-state index >= 15 is 0 Å². The van der Waals surface area contributed by atoms with Gasteiger partial charge in [0.2, 0.25) is 0 Å². The number of aromatic nitrogens is 1. The van der Waals surface area contributed by atoms with E-state index in [1.54, 1.807) is 12.3 Å². The molecule has 1 aromatic rings. The van der Waals surface area contributed by atoms with Crippen LogP contribution in [-0.4, -0.2) is 41.5 Å². The fraction of sp³-hybridized carbons (Fsp3) is 0.455. The second kappa shape index (κ2) is 4.93. The fourth-order valence-electron chi connectivity index (χ4n) is 1.79. The molecule has 86 valence electrons. The predicted molar refractivity (Wildman–Crippen MR) is 65.3 cm³/mol. The fourth-order valence-corrected chi connectivity index (χ4v) is 2.03. The topological polar surface area (TPSA) is 45.2 Å². The number of amides is 1. The summed E-state index contributed by atoms with van der Waals surface area (Å²) in [4.78, 5) is 18.1. The molecule has 1 aromatic heterocycles. The van der Waals surface area contributed by atoms with Crippen molar-refractivity contribution in [1.82, 2.24) is 15.2 Å². The van der Waals surface area contributed by atoms with Crippen LogP contribution in [0.3, 0.4) is 0 Å². The number of nitrogens with one attached hydrogen (secondary N) is 1. The standard InChI is InChI=1S/C11H14BrN3O/c1-8-6-13-4-5-15(8)11(16)10-3-2-9(12)7-14-10/h2-3,7-8,13H,4-6H2,1H3/t8-/m0/s1. The zero-order valence-electron chi connectivity index (χ0n) is 9.11. The van der Waals surface area contributed by atoms with Gasteiger partial charge in [0.05, 0.1) is 0 Å². The van der Waals surface area contributed by atoms with E-state index in [-0.39, 0.29) is 11.9 Å². The van der Waals surface area contributed by atoms with Crippen LogP contribution in [-0.2, 0) is 0 Å². The van der Waals surface area contributed by atoms with Crippen LogP contribution in [0.1, 0.15) is 17.4 Å². The zero-order chi connectivity index (χ0) is 11.5. The van der Waals surface area contributed by atoms with E-state index in [2.05, 4.69) is 26.2 Å². The number of hydrogen-bond donors (Lipinski definition) is 1. The van der Waals surface area contributed by atoms with Crippen LogP contribution in [0.2, 0.25) is 0 Å². The van der Waals surface area contributed by atoms with Gasteiger partial charge in [-0.3, -0.25) is 4.79 Å². The number of carbonyl (C=O) groups excluding carboxylic acids is 1. The molecule has 1 saturated heterocycles. The minimum atomic E-state index is 0.0153. The van der Waals surface area contributed by atoms with E-state index in [0.717, 1.165) is 24.1 Å². The highest BCUT2D eigenvalue weighted by molar-refractivity contribution is 9.10. The summed E-state index contributed by atoms with van der Waals surface area (Å²) < 4.78 is 0.886. The van der Waals surface area contributed by atoms with Gasteiger partial charge in [0.25, 0.3) is 5.91 Å². The van der Waals surface area contributed by atoms with Crippen LogP contribution in [0.15, 0.2) is 22.8 Å². The van der Waals surface area contributed by atoms with Crippen molar-refractivity contribution in [3.05, 3.63) is 28.5 Å². The van der Waals surface area contributed by atoms with E-state index in [0.29, 0.717) is 5.69 Å². The van der Waals surface area contributed by atoms with Gasteiger partial charge in [-0.1, -0.05) is 0 Å². The Bertz CT molecular complexity index is 379. The summed E-state index contributed by atoms with van der Waals surface area (Å²) in [6.07, 6.45) is 1.65. The third-order valence-corrected chi connectivity index (χ3v) is 3.18. The number of hydrogen-bond acceptors (Lipinski definition) is 3. The molecule has 0 bridgehead atoms. The number of halogens is 1. The van der Waals surface area contributed by atoms with E-state index in [1.165, 1.54) is 0 Å². The number of carbonyl (C=O) groups is 1. The quantitative estimate of drug-likeness (QED) is 0.845.